The van der Waals surface area contributed by atoms with E-state index in [1.807, 2.05) is 23.1 Å². The maximum atomic E-state index is 12.1. The Morgan fingerprint density at radius 1 is 0.974 bits per heavy atom. The van der Waals surface area contributed by atoms with Crippen LogP contribution in [0.25, 0.3) is 5.70 Å². The highest BCUT2D eigenvalue weighted by Crippen LogP contribution is 2.33. The van der Waals surface area contributed by atoms with Crippen molar-refractivity contribution in [2.45, 2.75) is 19.9 Å². The number of aryl methyl sites for hydroxylation is 1. The van der Waals surface area contributed by atoms with Gasteiger partial charge < -0.3 is 29.6 Å². The monoisotopic (exact) mass is 517 g/mol. The lowest BCUT2D eigenvalue weighted by atomic mass is 9.99. The van der Waals surface area contributed by atoms with E-state index in [0.717, 1.165) is 81.0 Å². The first-order valence-electron chi connectivity index (χ1n) is 13.6. The second-order valence-corrected chi connectivity index (χ2v) is 10.3. The molecule has 1 aromatic carbocycles. The molecule has 0 aliphatic carbocycles. The Morgan fingerprint density at radius 2 is 1.68 bits per heavy atom. The van der Waals surface area contributed by atoms with Gasteiger partial charge in [-0.2, -0.15) is 4.98 Å². The fourth-order valence-corrected chi connectivity index (χ4v) is 5.64. The number of rotatable bonds is 6. The summed E-state index contributed by atoms with van der Waals surface area (Å²) in [6.45, 7) is 13.8. The Labute approximate surface area is 225 Å². The van der Waals surface area contributed by atoms with Crippen molar-refractivity contribution in [3.05, 3.63) is 65.4 Å². The number of fused-ring (bicyclic) bond motifs is 1. The number of carbonyl (C=O) groups is 1. The predicted octanol–water partition coefficient (Wildman–Crippen LogP) is 1.76. The van der Waals surface area contributed by atoms with Crippen LogP contribution in [0.1, 0.15) is 22.4 Å². The summed E-state index contributed by atoms with van der Waals surface area (Å²) in [5.74, 6) is 1.79. The summed E-state index contributed by atoms with van der Waals surface area (Å²) in [5, 5.41) is 9.86. The molecule has 202 valence electrons. The highest BCUT2D eigenvalue weighted by atomic mass is 16.2. The van der Waals surface area contributed by atoms with Gasteiger partial charge in [-0.1, -0.05) is 30.8 Å². The van der Waals surface area contributed by atoms with Crippen molar-refractivity contribution in [2.75, 3.05) is 82.4 Å². The lowest BCUT2D eigenvalue weighted by molar-refractivity contribution is -0.126. The molecule has 1 N–H and O–H groups in total. The van der Waals surface area contributed by atoms with Crippen molar-refractivity contribution >= 4 is 23.4 Å². The average molecular weight is 518 g/mol. The molecular weight excluding hydrogens is 478 g/mol. The van der Waals surface area contributed by atoms with E-state index in [2.05, 4.69) is 52.3 Å². The molecule has 9 heteroatoms. The van der Waals surface area contributed by atoms with E-state index in [1.54, 1.807) is 0 Å². The molecule has 5 rings (SSSR count). The Morgan fingerprint density at radius 3 is 2.37 bits per heavy atom. The highest BCUT2D eigenvalue weighted by molar-refractivity contribution is 5.87. The first-order chi connectivity index (χ1) is 18.5. The molecule has 38 heavy (non-hydrogen) atoms. The van der Waals surface area contributed by atoms with E-state index in [9.17, 15) is 9.90 Å². The summed E-state index contributed by atoms with van der Waals surface area (Å²) in [6.07, 6.45) is 4.13. The van der Waals surface area contributed by atoms with Crippen LogP contribution in [0.5, 0.6) is 0 Å². The van der Waals surface area contributed by atoms with Gasteiger partial charge in [-0.05, 0) is 38.1 Å². The number of anilines is 2. The number of carbonyl (C=O) groups excluding carboxylic acids is 1. The Bertz CT molecular complexity index is 1200. The van der Waals surface area contributed by atoms with Gasteiger partial charge in [0.25, 0.3) is 0 Å². The van der Waals surface area contributed by atoms with Crippen LogP contribution in [-0.4, -0.2) is 108 Å². The summed E-state index contributed by atoms with van der Waals surface area (Å²) in [4.78, 5) is 33.6. The first kappa shape index (κ1) is 26.2. The van der Waals surface area contributed by atoms with Crippen LogP contribution >= 0.6 is 0 Å². The molecule has 2 fully saturated rings. The van der Waals surface area contributed by atoms with Gasteiger partial charge in [-0.3, -0.25) is 4.79 Å². The number of likely N-dealkylation sites (N-methyl/N-ethyl adjacent to an activating group) is 1. The minimum absolute atomic E-state index is 0.0115. The van der Waals surface area contributed by atoms with E-state index < -0.39 is 0 Å². The van der Waals surface area contributed by atoms with Gasteiger partial charge in [0.1, 0.15) is 5.82 Å². The maximum absolute atomic E-state index is 12.1. The molecule has 0 radical (unpaired) electrons. The fraction of sp³-hybridized carbons (Fsp3) is 0.483. The SMILES string of the molecule is C=CC(=O)N1CCN(c2nc(N3CCN(C)CC3)nc3c2CCN(/C(=C/CO)c2ccccc2C)C3)CC1. The van der Waals surface area contributed by atoms with Gasteiger partial charge in [0.2, 0.25) is 11.9 Å². The zero-order valence-corrected chi connectivity index (χ0v) is 22.6. The fourth-order valence-electron chi connectivity index (χ4n) is 5.64. The molecule has 0 unspecified atom stereocenters. The quantitative estimate of drug-likeness (QED) is 0.581. The number of hydrogen-bond acceptors (Lipinski definition) is 8. The first-order valence-corrected chi connectivity index (χ1v) is 13.6. The topological polar surface area (TPSA) is 79.3 Å². The second-order valence-electron chi connectivity index (χ2n) is 10.3. The van der Waals surface area contributed by atoms with Crippen molar-refractivity contribution in [1.82, 2.24) is 24.7 Å². The van der Waals surface area contributed by atoms with Crippen molar-refractivity contribution in [3.63, 3.8) is 0 Å². The minimum atomic E-state index is -0.0116. The molecule has 3 aliphatic rings. The Hall–Kier alpha value is -3.43. The van der Waals surface area contributed by atoms with E-state index in [4.69, 9.17) is 9.97 Å². The molecule has 1 aromatic heterocycles. The van der Waals surface area contributed by atoms with E-state index in [0.29, 0.717) is 19.6 Å². The summed E-state index contributed by atoms with van der Waals surface area (Å²) in [7, 11) is 2.15. The van der Waals surface area contributed by atoms with E-state index in [-0.39, 0.29) is 12.5 Å². The van der Waals surface area contributed by atoms with Crippen LogP contribution in [0.15, 0.2) is 43.0 Å². The van der Waals surface area contributed by atoms with Gasteiger partial charge in [0, 0.05) is 75.7 Å². The zero-order valence-electron chi connectivity index (χ0n) is 22.6. The van der Waals surface area contributed by atoms with E-state index in [1.165, 1.54) is 17.2 Å². The minimum Gasteiger partial charge on any atom is -0.392 e. The predicted molar refractivity (Wildman–Crippen MR) is 151 cm³/mol. The molecule has 2 aromatic rings. The molecule has 4 heterocycles. The normalized spacial score (nSPS) is 19.0. The molecule has 0 bridgehead atoms. The average Bonchev–Trinajstić information content (AvgIpc) is 2.95. The van der Waals surface area contributed by atoms with Crippen LogP contribution in [0.4, 0.5) is 11.8 Å². The Kier molecular flexibility index (Phi) is 7.95. The van der Waals surface area contributed by atoms with Crippen LogP contribution in [-0.2, 0) is 17.8 Å². The van der Waals surface area contributed by atoms with Gasteiger partial charge in [-0.15, -0.1) is 0 Å². The summed E-state index contributed by atoms with van der Waals surface area (Å²) < 4.78 is 0. The summed E-state index contributed by atoms with van der Waals surface area (Å²) >= 11 is 0. The van der Waals surface area contributed by atoms with Gasteiger partial charge in [0.05, 0.1) is 18.8 Å². The van der Waals surface area contributed by atoms with Crippen LogP contribution < -0.4 is 9.80 Å². The maximum Gasteiger partial charge on any atom is 0.246 e. The number of piperazine rings is 2. The second kappa shape index (κ2) is 11.5. The molecule has 0 saturated carbocycles. The van der Waals surface area contributed by atoms with Gasteiger partial charge in [0.15, 0.2) is 0 Å². The number of hydrogen-bond donors (Lipinski definition) is 1. The molecule has 3 aliphatic heterocycles. The van der Waals surface area contributed by atoms with Crippen LogP contribution in [0.3, 0.4) is 0 Å². The van der Waals surface area contributed by atoms with Crippen molar-refractivity contribution in [2.24, 2.45) is 0 Å². The standard InChI is InChI=1S/C29H39N7O2/c1-4-27(38)33-16-18-34(19-17-33)28-24-9-11-36(26(10-20-37)23-8-6-5-7-22(23)2)21-25(24)30-29(31-28)35-14-12-32(3)13-15-35/h4-8,10,37H,1,9,11-21H2,2-3H3/b26-10+. The van der Waals surface area contributed by atoms with Crippen molar-refractivity contribution in [3.8, 4) is 0 Å². The zero-order chi connectivity index (χ0) is 26.6. The largest absolute Gasteiger partial charge is 0.392 e. The summed E-state index contributed by atoms with van der Waals surface area (Å²) in [6, 6.07) is 8.33. The number of nitrogens with zero attached hydrogens (tertiary/aromatic N) is 7. The molecule has 1 amide bonds. The molecule has 2 saturated heterocycles. The van der Waals surface area contributed by atoms with Crippen LogP contribution in [0, 0.1) is 6.92 Å². The third kappa shape index (κ3) is 5.39. The third-order valence-corrected chi connectivity index (χ3v) is 7.93. The van der Waals surface area contributed by atoms with Crippen LogP contribution in [0.2, 0.25) is 0 Å². The molecule has 9 nitrogen and oxygen atoms in total. The van der Waals surface area contributed by atoms with Crippen molar-refractivity contribution < 1.29 is 9.90 Å². The lowest BCUT2D eigenvalue weighted by Crippen LogP contribution is -2.49. The number of aliphatic hydroxyl groups is 1. The van der Waals surface area contributed by atoms with Gasteiger partial charge in [-0.25, -0.2) is 4.98 Å². The lowest BCUT2D eigenvalue weighted by Gasteiger charge is -2.39. The molecule has 0 spiro atoms. The molecule has 0 atom stereocenters. The van der Waals surface area contributed by atoms with E-state index >= 15 is 0 Å². The highest BCUT2D eigenvalue weighted by Gasteiger charge is 2.30. The number of aliphatic hydroxyl groups excluding tert-OH is 1. The van der Waals surface area contributed by atoms with Gasteiger partial charge >= 0.3 is 0 Å². The Balaban J connectivity index is 1.47. The number of aromatic nitrogens is 2. The number of amides is 1. The van der Waals surface area contributed by atoms with Crippen molar-refractivity contribution in [1.29, 1.82) is 0 Å². The molecular formula is C29H39N7O2. The number of benzene rings is 1. The third-order valence-electron chi connectivity index (χ3n) is 7.93. The summed E-state index contributed by atoms with van der Waals surface area (Å²) in [5.41, 5.74) is 5.63. The smallest absolute Gasteiger partial charge is 0.246 e.